The van der Waals surface area contributed by atoms with Crippen LogP contribution in [0.4, 0.5) is 5.82 Å². The van der Waals surface area contributed by atoms with Crippen molar-refractivity contribution in [1.82, 2.24) is 9.88 Å². The Morgan fingerprint density at radius 2 is 2.28 bits per heavy atom. The number of anilines is 1. The van der Waals surface area contributed by atoms with Gasteiger partial charge in [-0.15, -0.1) is 0 Å². The number of nitrogens with two attached hydrogens (primary N) is 1. The van der Waals surface area contributed by atoms with Crippen molar-refractivity contribution in [3.8, 4) is 0 Å². The van der Waals surface area contributed by atoms with Gasteiger partial charge in [-0.1, -0.05) is 0 Å². The second-order valence-corrected chi connectivity index (χ2v) is 5.91. The van der Waals surface area contributed by atoms with Crippen LogP contribution in [0.1, 0.15) is 18.9 Å². The van der Waals surface area contributed by atoms with Gasteiger partial charge in [-0.3, -0.25) is 0 Å². The van der Waals surface area contributed by atoms with Gasteiger partial charge in [-0.2, -0.15) is 0 Å². The van der Waals surface area contributed by atoms with Crippen LogP contribution in [0.3, 0.4) is 0 Å². The molecule has 0 aromatic carbocycles. The molecule has 2 heterocycles. The summed E-state index contributed by atoms with van der Waals surface area (Å²) in [5.74, 6) is 1.04. The summed E-state index contributed by atoms with van der Waals surface area (Å²) < 4.78 is 0.992. The van der Waals surface area contributed by atoms with Crippen LogP contribution in [-0.4, -0.2) is 42.6 Å². The molecule has 0 amide bonds. The molecular weight excluding hydrogens is 292 g/mol. The first-order valence-electron chi connectivity index (χ1n) is 6.41. The summed E-state index contributed by atoms with van der Waals surface area (Å²) >= 11 is 3.46. The van der Waals surface area contributed by atoms with Crippen LogP contribution in [0.25, 0.3) is 0 Å². The maximum Gasteiger partial charge on any atom is 0.133 e. The van der Waals surface area contributed by atoms with Crippen LogP contribution in [0, 0.1) is 0 Å². The number of likely N-dealkylation sites (N-methyl/N-ethyl adjacent to an activating group) is 1. The maximum atomic E-state index is 5.84. The van der Waals surface area contributed by atoms with Crippen molar-refractivity contribution >= 4 is 21.7 Å². The van der Waals surface area contributed by atoms with Crippen molar-refractivity contribution < 1.29 is 0 Å². The Labute approximate surface area is 117 Å². The lowest BCUT2D eigenvalue weighted by Crippen LogP contribution is -2.39. The molecule has 1 atom stereocenters. The number of nitrogens with zero attached hydrogens (tertiary/aromatic N) is 3. The van der Waals surface area contributed by atoms with Gasteiger partial charge in [0.15, 0.2) is 0 Å². The Morgan fingerprint density at radius 1 is 1.50 bits per heavy atom. The second-order valence-electron chi connectivity index (χ2n) is 5.00. The molecule has 1 aromatic rings. The number of halogens is 1. The van der Waals surface area contributed by atoms with Gasteiger partial charge >= 0.3 is 0 Å². The van der Waals surface area contributed by atoms with Crippen molar-refractivity contribution in [2.75, 3.05) is 31.6 Å². The van der Waals surface area contributed by atoms with Gasteiger partial charge in [-0.05, 0) is 48.9 Å². The lowest BCUT2D eigenvalue weighted by atomic mass is 10.2. The predicted octanol–water partition coefficient (Wildman–Crippen LogP) is 1.83. The van der Waals surface area contributed by atoms with E-state index in [4.69, 9.17) is 5.73 Å². The van der Waals surface area contributed by atoms with Crippen LogP contribution in [0.5, 0.6) is 0 Å². The highest BCUT2D eigenvalue weighted by atomic mass is 79.9. The van der Waals surface area contributed by atoms with E-state index < -0.39 is 0 Å². The van der Waals surface area contributed by atoms with E-state index in [1.165, 1.54) is 6.42 Å². The molecule has 18 heavy (non-hydrogen) atoms. The van der Waals surface area contributed by atoms with Crippen molar-refractivity contribution in [2.24, 2.45) is 5.73 Å². The van der Waals surface area contributed by atoms with E-state index in [1.807, 2.05) is 6.20 Å². The molecule has 0 radical (unpaired) electrons. The lowest BCUT2D eigenvalue weighted by Gasteiger charge is -2.30. The first-order valence-corrected chi connectivity index (χ1v) is 7.20. The SMILES string of the molecule is CC1CN(C)CCCN1c1ncc(Br)cc1CN. The summed E-state index contributed by atoms with van der Waals surface area (Å²) in [5.41, 5.74) is 6.95. The van der Waals surface area contributed by atoms with Crippen LogP contribution < -0.4 is 10.6 Å². The van der Waals surface area contributed by atoms with Crippen LogP contribution in [0.15, 0.2) is 16.7 Å². The zero-order valence-corrected chi connectivity index (χ0v) is 12.7. The topological polar surface area (TPSA) is 45.4 Å². The third-order valence-corrected chi connectivity index (χ3v) is 3.88. The molecule has 1 saturated heterocycles. The number of aromatic nitrogens is 1. The minimum Gasteiger partial charge on any atom is -0.352 e. The van der Waals surface area contributed by atoms with Gasteiger partial charge in [0.05, 0.1) is 0 Å². The van der Waals surface area contributed by atoms with E-state index in [0.717, 1.165) is 35.5 Å². The summed E-state index contributed by atoms with van der Waals surface area (Å²) in [7, 11) is 2.18. The fraction of sp³-hybridized carbons (Fsp3) is 0.615. The monoisotopic (exact) mass is 312 g/mol. The molecule has 0 bridgehead atoms. The first-order chi connectivity index (χ1) is 8.61. The summed E-state index contributed by atoms with van der Waals surface area (Å²) in [5, 5.41) is 0. The molecular formula is C13H21BrN4. The summed E-state index contributed by atoms with van der Waals surface area (Å²) in [4.78, 5) is 9.34. The molecule has 1 aromatic heterocycles. The molecule has 1 unspecified atom stereocenters. The van der Waals surface area contributed by atoms with E-state index in [9.17, 15) is 0 Å². The highest BCUT2D eigenvalue weighted by molar-refractivity contribution is 9.10. The van der Waals surface area contributed by atoms with E-state index in [2.05, 4.69) is 50.8 Å². The van der Waals surface area contributed by atoms with Gasteiger partial charge in [-0.25, -0.2) is 4.98 Å². The number of pyridine rings is 1. The lowest BCUT2D eigenvalue weighted by molar-refractivity contribution is 0.337. The van der Waals surface area contributed by atoms with Gasteiger partial charge in [0, 0.05) is 41.9 Å². The summed E-state index contributed by atoms with van der Waals surface area (Å²) in [6, 6.07) is 2.54. The number of hydrogen-bond acceptors (Lipinski definition) is 4. The third kappa shape index (κ3) is 3.02. The third-order valence-electron chi connectivity index (χ3n) is 3.45. The fourth-order valence-corrected chi connectivity index (χ4v) is 2.95. The normalized spacial score (nSPS) is 22.0. The highest BCUT2D eigenvalue weighted by Gasteiger charge is 2.22. The zero-order valence-electron chi connectivity index (χ0n) is 11.1. The molecule has 2 N–H and O–H groups in total. The second kappa shape index (κ2) is 5.99. The number of rotatable bonds is 2. The van der Waals surface area contributed by atoms with Gasteiger partial charge < -0.3 is 15.5 Å². The molecule has 4 nitrogen and oxygen atoms in total. The smallest absolute Gasteiger partial charge is 0.133 e. The minimum absolute atomic E-state index is 0.469. The van der Waals surface area contributed by atoms with Crippen molar-refractivity contribution in [1.29, 1.82) is 0 Å². The first kappa shape index (κ1) is 13.8. The van der Waals surface area contributed by atoms with Crippen LogP contribution in [0.2, 0.25) is 0 Å². The molecule has 2 rings (SSSR count). The fourth-order valence-electron chi connectivity index (χ4n) is 2.57. The van der Waals surface area contributed by atoms with Gasteiger partial charge in [0.25, 0.3) is 0 Å². The van der Waals surface area contributed by atoms with Crippen LogP contribution in [-0.2, 0) is 6.54 Å². The Bertz CT molecular complexity index is 410. The number of hydrogen-bond donors (Lipinski definition) is 1. The summed E-state index contributed by atoms with van der Waals surface area (Å²) in [6.07, 6.45) is 3.03. The highest BCUT2D eigenvalue weighted by Crippen LogP contribution is 2.24. The molecule has 100 valence electrons. The van der Waals surface area contributed by atoms with Crippen molar-refractivity contribution in [2.45, 2.75) is 25.9 Å². The maximum absolute atomic E-state index is 5.84. The van der Waals surface area contributed by atoms with E-state index in [-0.39, 0.29) is 0 Å². The largest absolute Gasteiger partial charge is 0.352 e. The van der Waals surface area contributed by atoms with Crippen molar-refractivity contribution in [3.63, 3.8) is 0 Å². The molecule has 0 spiro atoms. The Balaban J connectivity index is 2.29. The summed E-state index contributed by atoms with van der Waals surface area (Å²) in [6.45, 7) is 6.05. The average Bonchev–Trinajstić information content (AvgIpc) is 2.50. The molecule has 5 heteroatoms. The Kier molecular flexibility index (Phi) is 4.59. The van der Waals surface area contributed by atoms with E-state index in [1.54, 1.807) is 0 Å². The molecule has 0 aliphatic carbocycles. The quantitative estimate of drug-likeness (QED) is 0.905. The van der Waals surface area contributed by atoms with Gasteiger partial charge in [0.2, 0.25) is 0 Å². The minimum atomic E-state index is 0.469. The van der Waals surface area contributed by atoms with E-state index >= 15 is 0 Å². The van der Waals surface area contributed by atoms with Crippen molar-refractivity contribution in [3.05, 3.63) is 22.3 Å². The molecule has 1 fully saturated rings. The molecule has 1 aliphatic rings. The van der Waals surface area contributed by atoms with Gasteiger partial charge in [0.1, 0.15) is 5.82 Å². The Morgan fingerprint density at radius 3 is 3.00 bits per heavy atom. The molecule has 1 aliphatic heterocycles. The van der Waals surface area contributed by atoms with Crippen LogP contribution >= 0.6 is 15.9 Å². The average molecular weight is 313 g/mol. The molecule has 0 saturated carbocycles. The predicted molar refractivity (Wildman–Crippen MR) is 78.8 cm³/mol. The Hall–Kier alpha value is -0.650. The zero-order chi connectivity index (χ0) is 13.1. The van der Waals surface area contributed by atoms with E-state index in [0.29, 0.717) is 12.6 Å². The standard InChI is InChI=1S/C13H21BrN4/c1-10-9-17(2)4-3-5-18(10)13-11(7-15)6-12(14)8-16-13/h6,8,10H,3-5,7,9,15H2,1-2H3.